The Balaban J connectivity index is 1.97. The standard InChI is InChI=1S/C15H21N3O4/c1-16(12-5-3-4-6-13(12)18(21)22)10-15(20)17(2)9-14(19)11-7-8-11/h3-6,11,14,19H,7-10H2,1-2H3. The average molecular weight is 307 g/mol. The molecule has 1 unspecified atom stereocenters. The highest BCUT2D eigenvalue weighted by Gasteiger charge is 2.31. The Morgan fingerprint density at radius 1 is 1.41 bits per heavy atom. The Hall–Kier alpha value is -2.15. The lowest BCUT2D eigenvalue weighted by atomic mass is 10.2. The molecule has 0 aromatic heterocycles. The number of hydrogen-bond donors (Lipinski definition) is 1. The Labute approximate surface area is 129 Å². The number of para-hydroxylation sites is 2. The summed E-state index contributed by atoms with van der Waals surface area (Å²) < 4.78 is 0. The van der Waals surface area contributed by atoms with Crippen molar-refractivity contribution in [3.63, 3.8) is 0 Å². The van der Waals surface area contributed by atoms with Crippen LogP contribution in [0.15, 0.2) is 24.3 Å². The summed E-state index contributed by atoms with van der Waals surface area (Å²) in [4.78, 5) is 25.8. The van der Waals surface area contributed by atoms with E-state index in [0.717, 1.165) is 12.8 Å². The van der Waals surface area contributed by atoms with Gasteiger partial charge in [-0.15, -0.1) is 0 Å². The number of benzene rings is 1. The van der Waals surface area contributed by atoms with Gasteiger partial charge >= 0.3 is 0 Å². The number of rotatable bonds is 7. The first-order valence-electron chi connectivity index (χ1n) is 7.26. The number of nitrogens with zero attached hydrogens (tertiary/aromatic N) is 3. The molecule has 0 bridgehead atoms. The first kappa shape index (κ1) is 16.2. The Morgan fingerprint density at radius 2 is 2.05 bits per heavy atom. The third kappa shape index (κ3) is 3.94. The van der Waals surface area contributed by atoms with Gasteiger partial charge in [0.05, 0.1) is 17.6 Å². The van der Waals surface area contributed by atoms with Crippen LogP contribution in [0.2, 0.25) is 0 Å². The predicted molar refractivity (Wildman–Crippen MR) is 82.7 cm³/mol. The zero-order chi connectivity index (χ0) is 16.3. The van der Waals surface area contributed by atoms with E-state index in [0.29, 0.717) is 18.2 Å². The summed E-state index contributed by atoms with van der Waals surface area (Å²) >= 11 is 0. The van der Waals surface area contributed by atoms with Crippen LogP contribution in [0.5, 0.6) is 0 Å². The Kier molecular flexibility index (Phi) is 4.97. The van der Waals surface area contributed by atoms with Gasteiger partial charge in [-0.1, -0.05) is 12.1 Å². The van der Waals surface area contributed by atoms with E-state index >= 15 is 0 Å². The van der Waals surface area contributed by atoms with Gasteiger partial charge in [-0.05, 0) is 24.8 Å². The average Bonchev–Trinajstić information content (AvgIpc) is 3.31. The second-order valence-electron chi connectivity index (χ2n) is 5.78. The molecule has 22 heavy (non-hydrogen) atoms. The van der Waals surface area contributed by atoms with Crippen LogP contribution in [0.4, 0.5) is 11.4 Å². The summed E-state index contributed by atoms with van der Waals surface area (Å²) in [6, 6.07) is 6.32. The molecule has 7 nitrogen and oxygen atoms in total. The molecule has 1 aliphatic rings. The van der Waals surface area contributed by atoms with Gasteiger partial charge in [0, 0.05) is 26.7 Å². The lowest BCUT2D eigenvalue weighted by Gasteiger charge is -2.24. The fourth-order valence-corrected chi connectivity index (χ4v) is 2.36. The van der Waals surface area contributed by atoms with Gasteiger partial charge in [0.25, 0.3) is 5.69 Å². The van der Waals surface area contributed by atoms with Crippen molar-refractivity contribution in [3.05, 3.63) is 34.4 Å². The van der Waals surface area contributed by atoms with Crippen molar-refractivity contribution in [3.8, 4) is 0 Å². The van der Waals surface area contributed by atoms with Crippen LogP contribution < -0.4 is 4.90 Å². The summed E-state index contributed by atoms with van der Waals surface area (Å²) in [5.41, 5.74) is 0.371. The third-order valence-corrected chi connectivity index (χ3v) is 3.91. The highest BCUT2D eigenvalue weighted by molar-refractivity contribution is 5.82. The fourth-order valence-electron chi connectivity index (χ4n) is 2.36. The second-order valence-corrected chi connectivity index (χ2v) is 5.78. The predicted octanol–water partition coefficient (Wildman–Crippen LogP) is 1.26. The van der Waals surface area contributed by atoms with Gasteiger partial charge in [0.2, 0.25) is 5.91 Å². The molecule has 1 aliphatic carbocycles. The van der Waals surface area contributed by atoms with Crippen LogP contribution in [-0.2, 0) is 4.79 Å². The molecule has 1 fully saturated rings. The van der Waals surface area contributed by atoms with E-state index in [1.54, 1.807) is 37.2 Å². The number of hydrogen-bond acceptors (Lipinski definition) is 5. The third-order valence-electron chi connectivity index (χ3n) is 3.91. The van der Waals surface area contributed by atoms with Gasteiger partial charge in [0.15, 0.2) is 0 Å². The van der Waals surface area contributed by atoms with E-state index in [1.807, 2.05) is 0 Å². The van der Waals surface area contributed by atoms with Gasteiger partial charge in [-0.25, -0.2) is 0 Å². The molecule has 1 atom stereocenters. The number of aliphatic hydroxyl groups excluding tert-OH is 1. The molecule has 1 N–H and O–H groups in total. The summed E-state index contributed by atoms with van der Waals surface area (Å²) in [7, 11) is 3.28. The molecule has 2 rings (SSSR count). The first-order valence-corrected chi connectivity index (χ1v) is 7.26. The molecule has 0 aliphatic heterocycles. The molecule has 1 amide bonds. The van der Waals surface area contributed by atoms with Gasteiger partial charge < -0.3 is 14.9 Å². The molecule has 1 aromatic rings. The van der Waals surface area contributed by atoms with Crippen LogP contribution in [0.25, 0.3) is 0 Å². The van der Waals surface area contributed by atoms with Crippen LogP contribution in [-0.4, -0.2) is 54.1 Å². The molecular formula is C15H21N3O4. The van der Waals surface area contributed by atoms with E-state index in [9.17, 15) is 20.0 Å². The minimum atomic E-state index is -0.481. The molecule has 7 heteroatoms. The Morgan fingerprint density at radius 3 is 2.64 bits per heavy atom. The monoisotopic (exact) mass is 307 g/mol. The van der Waals surface area contributed by atoms with E-state index in [2.05, 4.69) is 0 Å². The largest absolute Gasteiger partial charge is 0.391 e. The van der Waals surface area contributed by atoms with Crippen molar-refractivity contribution < 1.29 is 14.8 Å². The zero-order valence-electron chi connectivity index (χ0n) is 12.8. The summed E-state index contributed by atoms with van der Waals surface area (Å²) in [6.07, 6.45) is 1.55. The number of likely N-dealkylation sites (N-methyl/N-ethyl adjacent to an activating group) is 2. The quantitative estimate of drug-likeness (QED) is 0.605. The van der Waals surface area contributed by atoms with E-state index in [-0.39, 0.29) is 18.1 Å². The van der Waals surface area contributed by atoms with Crippen LogP contribution in [0.3, 0.4) is 0 Å². The van der Waals surface area contributed by atoms with Crippen molar-refractivity contribution in [1.82, 2.24) is 4.90 Å². The van der Waals surface area contributed by atoms with Gasteiger partial charge in [-0.2, -0.15) is 0 Å². The number of carbonyl (C=O) groups is 1. The number of carbonyl (C=O) groups excluding carboxylic acids is 1. The normalized spacial score (nSPS) is 15.2. The number of nitro benzene ring substituents is 1. The number of aliphatic hydroxyl groups is 1. The summed E-state index contributed by atoms with van der Waals surface area (Å²) in [5.74, 6) is 0.128. The number of amides is 1. The Bertz CT molecular complexity index is 559. The SMILES string of the molecule is CN(CC(O)C1CC1)C(=O)CN(C)c1ccccc1[N+](=O)[O-]. The molecule has 1 aromatic carbocycles. The zero-order valence-corrected chi connectivity index (χ0v) is 12.8. The van der Waals surface area contributed by atoms with E-state index in [1.165, 1.54) is 11.0 Å². The van der Waals surface area contributed by atoms with Crippen LogP contribution in [0.1, 0.15) is 12.8 Å². The molecule has 120 valence electrons. The minimum absolute atomic E-state index is 0.0265. The van der Waals surface area contributed by atoms with E-state index in [4.69, 9.17) is 0 Å². The van der Waals surface area contributed by atoms with Gasteiger partial charge in [-0.3, -0.25) is 14.9 Å². The molecule has 0 spiro atoms. The maximum Gasteiger partial charge on any atom is 0.292 e. The summed E-state index contributed by atoms with van der Waals surface area (Å²) in [6.45, 7) is 0.326. The second kappa shape index (κ2) is 6.74. The highest BCUT2D eigenvalue weighted by atomic mass is 16.6. The minimum Gasteiger partial charge on any atom is -0.391 e. The van der Waals surface area contributed by atoms with Crippen molar-refractivity contribution in [2.75, 3.05) is 32.1 Å². The lowest BCUT2D eigenvalue weighted by molar-refractivity contribution is -0.384. The molecule has 0 radical (unpaired) electrons. The first-order chi connectivity index (χ1) is 10.4. The topological polar surface area (TPSA) is 86.9 Å². The lowest BCUT2D eigenvalue weighted by Crippen LogP contribution is -2.41. The van der Waals surface area contributed by atoms with Crippen LogP contribution >= 0.6 is 0 Å². The maximum atomic E-state index is 12.2. The highest BCUT2D eigenvalue weighted by Crippen LogP contribution is 2.32. The molecule has 0 heterocycles. The molecular weight excluding hydrogens is 286 g/mol. The van der Waals surface area contributed by atoms with Crippen molar-refractivity contribution in [2.45, 2.75) is 18.9 Å². The van der Waals surface area contributed by atoms with E-state index < -0.39 is 11.0 Å². The van der Waals surface area contributed by atoms with Crippen molar-refractivity contribution >= 4 is 17.3 Å². The molecule has 1 saturated carbocycles. The fraction of sp³-hybridized carbons (Fsp3) is 0.533. The van der Waals surface area contributed by atoms with Gasteiger partial charge in [0.1, 0.15) is 5.69 Å². The number of anilines is 1. The molecule has 0 saturated heterocycles. The summed E-state index contributed by atoms with van der Waals surface area (Å²) in [5, 5.41) is 20.9. The smallest absolute Gasteiger partial charge is 0.292 e. The number of nitro groups is 1. The maximum absolute atomic E-state index is 12.2. The van der Waals surface area contributed by atoms with Crippen molar-refractivity contribution in [2.24, 2.45) is 5.92 Å². The van der Waals surface area contributed by atoms with Crippen molar-refractivity contribution in [1.29, 1.82) is 0 Å². The van der Waals surface area contributed by atoms with Crippen LogP contribution in [0, 0.1) is 16.0 Å².